The summed E-state index contributed by atoms with van der Waals surface area (Å²) in [5.74, 6) is 1.63. The molecule has 1 nitrogen and oxygen atoms in total. The topological polar surface area (TPSA) is 26.0 Å². The number of nitrogens with two attached hydrogens (primary N) is 1. The molecule has 0 radical (unpaired) electrons. The van der Waals surface area contributed by atoms with Crippen LogP contribution in [0.5, 0.6) is 0 Å². The van der Waals surface area contributed by atoms with Crippen molar-refractivity contribution in [1.29, 1.82) is 0 Å². The van der Waals surface area contributed by atoms with E-state index < -0.39 is 0 Å². The standard InChI is InChI=1S/C12H17NS/c13-7-9-5-10(9)12-6-8-3-1-2-4-11(8)14-12/h6,9-10H,1-5,7,13H2/t9-,10+/m0/s1. The van der Waals surface area contributed by atoms with Gasteiger partial charge in [0, 0.05) is 9.75 Å². The molecule has 2 N–H and O–H groups in total. The average molecular weight is 207 g/mol. The van der Waals surface area contributed by atoms with Gasteiger partial charge in [-0.1, -0.05) is 0 Å². The average Bonchev–Trinajstić information content (AvgIpc) is 2.89. The van der Waals surface area contributed by atoms with Gasteiger partial charge in [-0.15, -0.1) is 11.3 Å². The van der Waals surface area contributed by atoms with Gasteiger partial charge in [-0.3, -0.25) is 0 Å². The number of thiophene rings is 1. The highest BCUT2D eigenvalue weighted by atomic mass is 32.1. The molecule has 2 aliphatic rings. The molecular formula is C12H17NS. The molecule has 14 heavy (non-hydrogen) atoms. The van der Waals surface area contributed by atoms with Gasteiger partial charge in [-0.05, 0) is 62.1 Å². The van der Waals surface area contributed by atoms with Crippen LogP contribution in [0.25, 0.3) is 0 Å². The van der Waals surface area contributed by atoms with Crippen LogP contribution in [-0.2, 0) is 12.8 Å². The summed E-state index contributed by atoms with van der Waals surface area (Å²) in [6.45, 7) is 0.882. The van der Waals surface area contributed by atoms with Gasteiger partial charge >= 0.3 is 0 Å². The lowest BCUT2D eigenvalue weighted by molar-refractivity contribution is 0.697. The molecule has 1 fully saturated rings. The summed E-state index contributed by atoms with van der Waals surface area (Å²) in [6, 6.07) is 2.47. The zero-order chi connectivity index (χ0) is 9.54. The van der Waals surface area contributed by atoms with Crippen molar-refractivity contribution < 1.29 is 0 Å². The van der Waals surface area contributed by atoms with E-state index in [1.807, 2.05) is 0 Å². The van der Waals surface area contributed by atoms with E-state index in [-0.39, 0.29) is 0 Å². The number of hydrogen-bond acceptors (Lipinski definition) is 2. The van der Waals surface area contributed by atoms with Crippen molar-refractivity contribution in [3.05, 3.63) is 21.4 Å². The second kappa shape index (κ2) is 3.35. The maximum Gasteiger partial charge on any atom is 0.00853 e. The maximum atomic E-state index is 5.69. The Morgan fingerprint density at radius 2 is 2.21 bits per heavy atom. The Morgan fingerprint density at radius 1 is 1.36 bits per heavy atom. The van der Waals surface area contributed by atoms with Crippen LogP contribution in [0.2, 0.25) is 0 Å². The van der Waals surface area contributed by atoms with Gasteiger partial charge in [0.1, 0.15) is 0 Å². The van der Waals surface area contributed by atoms with Gasteiger partial charge in [0.25, 0.3) is 0 Å². The van der Waals surface area contributed by atoms with E-state index in [4.69, 9.17) is 5.73 Å². The lowest BCUT2D eigenvalue weighted by atomic mass is 9.99. The highest BCUT2D eigenvalue weighted by Crippen LogP contribution is 2.50. The van der Waals surface area contributed by atoms with Crippen molar-refractivity contribution in [3.63, 3.8) is 0 Å². The summed E-state index contributed by atoms with van der Waals surface area (Å²) in [4.78, 5) is 3.31. The third-order valence-corrected chi connectivity index (χ3v) is 4.98. The Hall–Kier alpha value is -0.340. The van der Waals surface area contributed by atoms with E-state index in [0.29, 0.717) is 0 Å². The Labute approximate surface area is 89.3 Å². The van der Waals surface area contributed by atoms with E-state index in [0.717, 1.165) is 18.4 Å². The zero-order valence-corrected chi connectivity index (χ0v) is 9.28. The van der Waals surface area contributed by atoms with Crippen LogP contribution in [0.1, 0.15) is 40.5 Å². The molecule has 0 saturated heterocycles. The monoisotopic (exact) mass is 207 g/mol. The molecule has 2 atom stereocenters. The first-order valence-corrected chi connectivity index (χ1v) is 6.51. The fourth-order valence-electron chi connectivity index (χ4n) is 2.55. The summed E-state index contributed by atoms with van der Waals surface area (Å²) in [7, 11) is 0. The molecule has 1 heterocycles. The molecular weight excluding hydrogens is 190 g/mol. The SMILES string of the molecule is NC[C@@H]1C[C@H]1c1cc2c(s1)CCCC2. The van der Waals surface area contributed by atoms with Crippen molar-refractivity contribution in [1.82, 2.24) is 0 Å². The van der Waals surface area contributed by atoms with Crippen LogP contribution in [0.15, 0.2) is 6.07 Å². The maximum absolute atomic E-state index is 5.69. The quantitative estimate of drug-likeness (QED) is 0.793. The fourth-order valence-corrected chi connectivity index (χ4v) is 4.02. The molecule has 0 unspecified atom stereocenters. The van der Waals surface area contributed by atoms with Crippen molar-refractivity contribution in [2.75, 3.05) is 6.54 Å². The van der Waals surface area contributed by atoms with Crippen LogP contribution in [0.3, 0.4) is 0 Å². The van der Waals surface area contributed by atoms with Crippen LogP contribution in [0.4, 0.5) is 0 Å². The van der Waals surface area contributed by atoms with Gasteiger partial charge in [0.05, 0.1) is 0 Å². The molecule has 1 aromatic rings. The number of rotatable bonds is 2. The predicted octanol–water partition coefficient (Wildman–Crippen LogP) is 2.69. The summed E-state index contributed by atoms with van der Waals surface area (Å²) in [5, 5.41) is 0. The molecule has 0 aromatic carbocycles. The number of fused-ring (bicyclic) bond motifs is 1. The normalized spacial score (nSPS) is 30.1. The van der Waals surface area contributed by atoms with Crippen molar-refractivity contribution >= 4 is 11.3 Å². The largest absolute Gasteiger partial charge is 0.330 e. The Morgan fingerprint density at radius 3 is 2.93 bits per heavy atom. The fraction of sp³-hybridized carbons (Fsp3) is 0.667. The molecule has 2 aliphatic carbocycles. The van der Waals surface area contributed by atoms with Crippen LogP contribution < -0.4 is 5.73 Å². The summed E-state index contributed by atoms with van der Waals surface area (Å²) < 4.78 is 0. The molecule has 1 aromatic heterocycles. The molecule has 3 rings (SSSR count). The van der Waals surface area contributed by atoms with E-state index in [1.54, 1.807) is 15.3 Å². The minimum Gasteiger partial charge on any atom is -0.330 e. The highest BCUT2D eigenvalue weighted by molar-refractivity contribution is 7.12. The predicted molar refractivity (Wildman–Crippen MR) is 60.9 cm³/mol. The third-order valence-electron chi connectivity index (χ3n) is 3.61. The van der Waals surface area contributed by atoms with Crippen molar-refractivity contribution in [2.45, 2.75) is 38.0 Å². The summed E-state index contributed by atoms with van der Waals surface area (Å²) in [6.07, 6.45) is 6.80. The molecule has 0 aliphatic heterocycles. The first-order valence-electron chi connectivity index (χ1n) is 5.70. The van der Waals surface area contributed by atoms with Gasteiger partial charge in [-0.2, -0.15) is 0 Å². The summed E-state index contributed by atoms with van der Waals surface area (Å²) in [5.41, 5.74) is 7.34. The molecule has 0 spiro atoms. The molecule has 2 heteroatoms. The lowest BCUT2D eigenvalue weighted by Crippen LogP contribution is -2.01. The van der Waals surface area contributed by atoms with Crippen molar-refractivity contribution in [2.24, 2.45) is 11.7 Å². The van der Waals surface area contributed by atoms with Crippen molar-refractivity contribution in [3.8, 4) is 0 Å². The van der Waals surface area contributed by atoms with Gasteiger partial charge in [-0.25, -0.2) is 0 Å². The van der Waals surface area contributed by atoms with Crippen LogP contribution in [0, 0.1) is 5.92 Å². The van der Waals surface area contributed by atoms with Gasteiger partial charge in [0.15, 0.2) is 0 Å². The van der Waals surface area contributed by atoms with Gasteiger partial charge < -0.3 is 5.73 Å². The number of aryl methyl sites for hydroxylation is 2. The Kier molecular flexibility index (Phi) is 2.14. The molecule has 76 valence electrons. The van der Waals surface area contributed by atoms with E-state index >= 15 is 0 Å². The minimum atomic E-state index is 0.801. The molecule has 1 saturated carbocycles. The molecule has 0 bridgehead atoms. The zero-order valence-electron chi connectivity index (χ0n) is 8.46. The Bertz CT molecular complexity index is 319. The second-order valence-electron chi connectivity index (χ2n) is 4.64. The third kappa shape index (κ3) is 1.41. The number of hydrogen-bond donors (Lipinski definition) is 1. The van der Waals surface area contributed by atoms with E-state index in [1.165, 1.54) is 32.1 Å². The minimum absolute atomic E-state index is 0.801. The molecule has 0 amide bonds. The first-order chi connectivity index (χ1) is 6.88. The first kappa shape index (κ1) is 8.93. The summed E-state index contributed by atoms with van der Waals surface area (Å²) >= 11 is 2.07. The lowest BCUT2D eigenvalue weighted by Gasteiger charge is -2.08. The van der Waals surface area contributed by atoms with Gasteiger partial charge in [0.2, 0.25) is 0 Å². The van der Waals surface area contributed by atoms with Crippen LogP contribution in [-0.4, -0.2) is 6.54 Å². The van der Waals surface area contributed by atoms with E-state index in [2.05, 4.69) is 17.4 Å². The Balaban J connectivity index is 1.83. The smallest absolute Gasteiger partial charge is 0.00853 e. The highest BCUT2D eigenvalue weighted by Gasteiger charge is 2.38. The second-order valence-corrected chi connectivity index (χ2v) is 5.81. The van der Waals surface area contributed by atoms with Crippen LogP contribution >= 0.6 is 11.3 Å². The van der Waals surface area contributed by atoms with E-state index in [9.17, 15) is 0 Å².